The van der Waals surface area contributed by atoms with Gasteiger partial charge >= 0.3 is 0 Å². The average molecular weight is 395 g/mol. The minimum atomic E-state index is -0.559. The van der Waals surface area contributed by atoms with E-state index >= 15 is 0 Å². The number of anilines is 1. The fourth-order valence-corrected chi connectivity index (χ4v) is 2.25. The number of carbonyl (C=O) groups is 2. The van der Waals surface area contributed by atoms with Crippen molar-refractivity contribution in [3.63, 3.8) is 0 Å². The average Bonchev–Trinajstić information content (AvgIpc) is 2.53. The summed E-state index contributed by atoms with van der Waals surface area (Å²) in [4.78, 5) is 25.3. The Bertz CT molecular complexity index is 765. The Morgan fingerprint density at radius 1 is 1.21 bits per heavy atom. The highest BCUT2D eigenvalue weighted by molar-refractivity contribution is 9.10. The molecule has 0 aliphatic heterocycles. The van der Waals surface area contributed by atoms with Gasteiger partial charge in [0.15, 0.2) is 18.2 Å². The molecule has 0 spiro atoms. The van der Waals surface area contributed by atoms with Crippen LogP contribution in [0.1, 0.15) is 10.4 Å². The second-order valence-electron chi connectivity index (χ2n) is 5.19. The number of nitrogens with one attached hydrogen (secondary N) is 1. The van der Waals surface area contributed by atoms with Gasteiger partial charge in [0.1, 0.15) is 0 Å². The molecule has 126 valence electrons. The molecule has 5 nitrogen and oxygen atoms in total. The summed E-state index contributed by atoms with van der Waals surface area (Å²) in [6.45, 7) is -0.343. The zero-order valence-corrected chi connectivity index (χ0v) is 14.8. The van der Waals surface area contributed by atoms with E-state index in [1.54, 1.807) is 44.4 Å². The van der Waals surface area contributed by atoms with Crippen LogP contribution in [-0.4, -0.2) is 37.4 Å². The van der Waals surface area contributed by atoms with E-state index in [0.717, 1.165) is 0 Å². The maximum absolute atomic E-state index is 13.6. The minimum absolute atomic E-state index is 0.00936. The van der Waals surface area contributed by atoms with Crippen molar-refractivity contribution in [1.82, 2.24) is 4.90 Å². The van der Waals surface area contributed by atoms with Crippen molar-refractivity contribution < 1.29 is 18.7 Å². The highest BCUT2D eigenvalue weighted by atomic mass is 79.9. The van der Waals surface area contributed by atoms with E-state index in [4.69, 9.17) is 4.74 Å². The van der Waals surface area contributed by atoms with Crippen molar-refractivity contribution in [3.8, 4) is 5.75 Å². The van der Waals surface area contributed by atoms with Gasteiger partial charge in [-0.1, -0.05) is 22.0 Å². The van der Waals surface area contributed by atoms with Crippen LogP contribution in [0, 0.1) is 5.82 Å². The molecule has 0 atom stereocenters. The van der Waals surface area contributed by atoms with Gasteiger partial charge in [-0.05, 0) is 36.4 Å². The van der Waals surface area contributed by atoms with Gasteiger partial charge in [0.05, 0.1) is 0 Å². The third-order valence-electron chi connectivity index (χ3n) is 3.05. The van der Waals surface area contributed by atoms with E-state index in [2.05, 4.69) is 21.2 Å². The number of rotatable bonds is 5. The Hall–Kier alpha value is -2.41. The lowest BCUT2D eigenvalue weighted by atomic mass is 10.2. The third kappa shape index (κ3) is 4.79. The van der Waals surface area contributed by atoms with E-state index in [0.29, 0.717) is 15.7 Å². The molecule has 0 aromatic heterocycles. The van der Waals surface area contributed by atoms with Crippen LogP contribution in [0.5, 0.6) is 5.75 Å². The van der Waals surface area contributed by atoms with Crippen molar-refractivity contribution in [3.05, 3.63) is 58.3 Å². The smallest absolute Gasteiger partial charge is 0.262 e. The van der Waals surface area contributed by atoms with Crippen molar-refractivity contribution in [2.45, 2.75) is 0 Å². The number of amides is 2. The molecule has 0 aliphatic rings. The molecule has 0 heterocycles. The molecule has 2 aromatic carbocycles. The molecule has 7 heteroatoms. The van der Waals surface area contributed by atoms with Crippen LogP contribution in [0.3, 0.4) is 0 Å². The molecule has 0 saturated carbocycles. The van der Waals surface area contributed by atoms with Gasteiger partial charge in [0.2, 0.25) is 0 Å². The lowest BCUT2D eigenvalue weighted by Gasteiger charge is -2.12. The molecule has 0 bridgehead atoms. The van der Waals surface area contributed by atoms with Crippen molar-refractivity contribution in [2.24, 2.45) is 0 Å². The SMILES string of the molecule is CN(C)C(=O)c1cccc(NC(=O)COc2ccc(Br)cc2F)c1. The first-order valence-corrected chi connectivity index (χ1v) is 7.85. The molecule has 2 amide bonds. The zero-order valence-electron chi connectivity index (χ0n) is 13.2. The largest absolute Gasteiger partial charge is 0.481 e. The predicted molar refractivity (Wildman–Crippen MR) is 92.7 cm³/mol. The second kappa shape index (κ2) is 7.92. The van der Waals surface area contributed by atoms with Crippen molar-refractivity contribution >= 4 is 33.4 Å². The monoisotopic (exact) mass is 394 g/mol. The van der Waals surface area contributed by atoms with Crippen LogP contribution in [0.4, 0.5) is 10.1 Å². The first-order chi connectivity index (χ1) is 11.4. The van der Waals surface area contributed by atoms with Gasteiger partial charge in [-0.2, -0.15) is 0 Å². The predicted octanol–water partition coefficient (Wildman–Crippen LogP) is 3.31. The van der Waals surface area contributed by atoms with E-state index in [1.165, 1.54) is 17.0 Å². The molecular weight excluding hydrogens is 379 g/mol. The highest BCUT2D eigenvalue weighted by Gasteiger charge is 2.11. The summed E-state index contributed by atoms with van der Waals surface area (Å²) in [6.07, 6.45) is 0. The second-order valence-corrected chi connectivity index (χ2v) is 6.11. The first-order valence-electron chi connectivity index (χ1n) is 7.06. The number of nitrogens with zero attached hydrogens (tertiary/aromatic N) is 1. The minimum Gasteiger partial charge on any atom is -0.481 e. The number of carbonyl (C=O) groups excluding carboxylic acids is 2. The van der Waals surface area contributed by atoms with Crippen LogP contribution in [0.25, 0.3) is 0 Å². The molecule has 2 rings (SSSR count). The van der Waals surface area contributed by atoms with Gasteiger partial charge in [-0.15, -0.1) is 0 Å². The summed E-state index contributed by atoms with van der Waals surface area (Å²) in [5, 5.41) is 2.61. The maximum Gasteiger partial charge on any atom is 0.262 e. The number of ether oxygens (including phenoxy) is 1. The summed E-state index contributed by atoms with van der Waals surface area (Å²) in [7, 11) is 3.29. The van der Waals surface area contributed by atoms with E-state index in [9.17, 15) is 14.0 Å². The molecule has 1 N–H and O–H groups in total. The Morgan fingerprint density at radius 2 is 1.96 bits per heavy atom. The molecule has 0 fully saturated rings. The highest BCUT2D eigenvalue weighted by Crippen LogP contribution is 2.21. The quantitative estimate of drug-likeness (QED) is 0.845. The standard InChI is InChI=1S/C17H16BrFN2O3/c1-21(2)17(23)11-4-3-5-13(8-11)20-16(22)10-24-15-7-6-12(18)9-14(15)19/h3-9H,10H2,1-2H3,(H,20,22). The molecule has 0 saturated heterocycles. The lowest BCUT2D eigenvalue weighted by molar-refractivity contribution is -0.118. The van der Waals surface area contributed by atoms with E-state index in [1.807, 2.05) is 0 Å². The fraction of sp³-hybridized carbons (Fsp3) is 0.176. The molecule has 2 aromatic rings. The van der Waals surface area contributed by atoms with Gasteiger partial charge in [-0.25, -0.2) is 4.39 Å². The number of benzene rings is 2. The number of hydrogen-bond acceptors (Lipinski definition) is 3. The summed E-state index contributed by atoms with van der Waals surface area (Å²) in [5.74, 6) is -1.19. The first kappa shape index (κ1) is 17.9. The van der Waals surface area contributed by atoms with Gasteiger partial charge < -0.3 is 15.0 Å². The Kier molecular flexibility index (Phi) is 5.92. The van der Waals surface area contributed by atoms with Crippen LogP contribution >= 0.6 is 15.9 Å². The topological polar surface area (TPSA) is 58.6 Å². The summed E-state index contributed by atoms with van der Waals surface area (Å²) >= 11 is 3.14. The normalized spacial score (nSPS) is 10.2. The summed E-state index contributed by atoms with van der Waals surface area (Å²) in [6, 6.07) is 10.9. The summed E-state index contributed by atoms with van der Waals surface area (Å²) < 4.78 is 19.4. The number of hydrogen-bond donors (Lipinski definition) is 1. The molecular formula is C17H16BrFN2O3. The Labute approximate surface area is 147 Å². The van der Waals surface area contributed by atoms with Crippen LogP contribution in [-0.2, 0) is 4.79 Å². The molecule has 0 aliphatic carbocycles. The van der Waals surface area contributed by atoms with Gasteiger partial charge in [-0.3, -0.25) is 9.59 Å². The van der Waals surface area contributed by atoms with Crippen molar-refractivity contribution in [2.75, 3.05) is 26.0 Å². The van der Waals surface area contributed by atoms with Crippen molar-refractivity contribution in [1.29, 1.82) is 0 Å². The van der Waals surface area contributed by atoms with Crippen LogP contribution in [0.15, 0.2) is 46.9 Å². The third-order valence-corrected chi connectivity index (χ3v) is 3.55. The fourth-order valence-electron chi connectivity index (χ4n) is 1.92. The molecule has 0 radical (unpaired) electrons. The Balaban J connectivity index is 1.97. The van der Waals surface area contributed by atoms with Gasteiger partial charge in [0, 0.05) is 29.8 Å². The molecule has 0 unspecified atom stereocenters. The molecule has 24 heavy (non-hydrogen) atoms. The van der Waals surface area contributed by atoms with Crippen LogP contribution in [0.2, 0.25) is 0 Å². The Morgan fingerprint density at radius 3 is 2.62 bits per heavy atom. The number of halogens is 2. The zero-order chi connectivity index (χ0) is 17.7. The van der Waals surface area contributed by atoms with Crippen LogP contribution < -0.4 is 10.1 Å². The van der Waals surface area contributed by atoms with E-state index < -0.39 is 11.7 Å². The summed E-state index contributed by atoms with van der Waals surface area (Å²) in [5.41, 5.74) is 0.922. The van der Waals surface area contributed by atoms with Gasteiger partial charge in [0.25, 0.3) is 11.8 Å². The lowest BCUT2D eigenvalue weighted by Crippen LogP contribution is -2.23. The van der Waals surface area contributed by atoms with E-state index in [-0.39, 0.29) is 18.3 Å². The maximum atomic E-state index is 13.6.